The van der Waals surface area contributed by atoms with Crippen molar-refractivity contribution in [2.45, 2.75) is 85.2 Å². The van der Waals surface area contributed by atoms with Gasteiger partial charge in [-0.15, -0.1) is 0 Å². The molecule has 0 spiro atoms. The molecule has 7 heteroatoms. The molecule has 0 atom stereocenters. The van der Waals surface area contributed by atoms with E-state index in [1.807, 2.05) is 12.1 Å². The van der Waals surface area contributed by atoms with Gasteiger partial charge in [-0.2, -0.15) is 0 Å². The van der Waals surface area contributed by atoms with Crippen molar-refractivity contribution in [1.29, 1.82) is 0 Å². The molecule has 0 amide bonds. The fraction of sp³-hybridized carbons (Fsp3) is 0.552. The van der Waals surface area contributed by atoms with Crippen molar-refractivity contribution < 1.29 is 23.7 Å². The first kappa shape index (κ1) is 29.1. The van der Waals surface area contributed by atoms with Gasteiger partial charge >= 0.3 is 5.97 Å². The molecular formula is C29H44N2O5. The lowest BCUT2D eigenvalue weighted by Crippen LogP contribution is -2.09. The molecule has 200 valence electrons. The summed E-state index contributed by atoms with van der Waals surface area (Å²) in [5.41, 5.74) is 13.5. The Labute approximate surface area is 216 Å². The van der Waals surface area contributed by atoms with Crippen molar-refractivity contribution in [1.82, 2.24) is 0 Å². The summed E-state index contributed by atoms with van der Waals surface area (Å²) in [6.07, 6.45) is 9.49. The molecule has 0 aliphatic heterocycles. The number of hydrogen-bond donors (Lipinski definition) is 2. The molecular weight excluding hydrogens is 456 g/mol. The van der Waals surface area contributed by atoms with Crippen LogP contribution >= 0.6 is 0 Å². The topological polar surface area (TPSA) is 106 Å². The van der Waals surface area contributed by atoms with Gasteiger partial charge in [0.15, 0.2) is 11.5 Å². The van der Waals surface area contributed by atoms with Crippen molar-refractivity contribution in [3.8, 4) is 17.2 Å². The van der Waals surface area contributed by atoms with E-state index in [1.54, 1.807) is 18.2 Å². The summed E-state index contributed by atoms with van der Waals surface area (Å²) in [4.78, 5) is 12.6. The summed E-state index contributed by atoms with van der Waals surface area (Å²) in [5.74, 6) is 1.37. The average molecular weight is 501 g/mol. The largest absolute Gasteiger partial charge is 0.490 e. The molecule has 0 aliphatic rings. The number of rotatable bonds is 18. The summed E-state index contributed by atoms with van der Waals surface area (Å²) >= 11 is 0. The van der Waals surface area contributed by atoms with Gasteiger partial charge < -0.3 is 30.4 Å². The third kappa shape index (κ3) is 10.3. The zero-order valence-corrected chi connectivity index (χ0v) is 22.3. The molecule has 0 saturated carbocycles. The summed E-state index contributed by atoms with van der Waals surface area (Å²) < 4.78 is 24.0. The van der Waals surface area contributed by atoms with Crippen LogP contribution in [0.25, 0.3) is 0 Å². The van der Waals surface area contributed by atoms with E-state index in [0.717, 1.165) is 63.4 Å². The van der Waals surface area contributed by atoms with Gasteiger partial charge in [0.25, 0.3) is 0 Å². The van der Waals surface area contributed by atoms with Crippen LogP contribution in [-0.2, 0) is 11.3 Å². The number of anilines is 2. The van der Waals surface area contributed by atoms with E-state index in [-0.39, 0.29) is 6.61 Å². The van der Waals surface area contributed by atoms with Crippen LogP contribution in [0.4, 0.5) is 11.4 Å². The molecule has 0 saturated heterocycles. The zero-order chi connectivity index (χ0) is 26.2. The molecule has 0 unspecified atom stereocenters. The molecule has 7 nitrogen and oxygen atoms in total. The third-order valence-electron chi connectivity index (χ3n) is 5.67. The van der Waals surface area contributed by atoms with Crippen molar-refractivity contribution in [3.05, 3.63) is 41.5 Å². The predicted molar refractivity (Wildman–Crippen MR) is 146 cm³/mol. The minimum absolute atomic E-state index is 0.0558. The lowest BCUT2D eigenvalue weighted by atomic mass is 10.1. The fourth-order valence-electron chi connectivity index (χ4n) is 3.69. The Bertz CT molecular complexity index is 879. The number of carbonyl (C=O) groups excluding carboxylic acids is 1. The minimum Gasteiger partial charge on any atom is -0.490 e. The highest BCUT2D eigenvalue weighted by Gasteiger charge is 2.17. The number of unbranched alkanes of at least 4 members (excludes halogenated alkanes) is 6. The van der Waals surface area contributed by atoms with Gasteiger partial charge in [-0.3, -0.25) is 0 Å². The van der Waals surface area contributed by atoms with Gasteiger partial charge in [0.05, 0.1) is 25.4 Å². The Kier molecular flexibility index (Phi) is 13.4. The summed E-state index contributed by atoms with van der Waals surface area (Å²) in [6.45, 7) is 8.30. The lowest BCUT2D eigenvalue weighted by Gasteiger charge is -2.19. The van der Waals surface area contributed by atoms with Crippen LogP contribution < -0.4 is 25.7 Å². The standard InChI is InChI=1S/C29H44N2O5/c1-4-7-10-13-33-26-16-22(21-36-29(32)23-18-24(30)20-25(31)19-23)17-27(34-14-11-8-5-2)28(26)35-15-12-9-6-3/h16-20H,4-15,21,30-31H2,1-3H3. The Balaban J connectivity index is 2.25. The highest BCUT2D eigenvalue weighted by molar-refractivity contribution is 5.91. The first-order chi connectivity index (χ1) is 17.5. The SMILES string of the molecule is CCCCCOc1cc(COC(=O)c2cc(N)cc(N)c2)cc(OCCCCC)c1OCCCCC. The lowest BCUT2D eigenvalue weighted by molar-refractivity contribution is 0.0472. The molecule has 2 aromatic rings. The van der Waals surface area contributed by atoms with Crippen molar-refractivity contribution in [2.24, 2.45) is 0 Å². The van der Waals surface area contributed by atoms with E-state index in [4.69, 9.17) is 30.4 Å². The average Bonchev–Trinajstić information content (AvgIpc) is 2.86. The quantitative estimate of drug-likeness (QED) is 0.130. The van der Waals surface area contributed by atoms with Gasteiger partial charge in [-0.1, -0.05) is 59.3 Å². The van der Waals surface area contributed by atoms with Crippen molar-refractivity contribution >= 4 is 17.3 Å². The summed E-state index contributed by atoms with van der Waals surface area (Å²) in [5, 5.41) is 0. The third-order valence-corrected chi connectivity index (χ3v) is 5.67. The summed E-state index contributed by atoms with van der Waals surface area (Å²) in [7, 11) is 0. The molecule has 0 aromatic heterocycles. The van der Waals surface area contributed by atoms with Crippen LogP contribution in [0.3, 0.4) is 0 Å². The van der Waals surface area contributed by atoms with E-state index in [2.05, 4.69) is 20.8 Å². The summed E-state index contributed by atoms with van der Waals surface area (Å²) in [6, 6.07) is 8.45. The smallest absolute Gasteiger partial charge is 0.338 e. The zero-order valence-electron chi connectivity index (χ0n) is 22.3. The van der Waals surface area contributed by atoms with Crippen LogP contribution in [0.2, 0.25) is 0 Å². The minimum atomic E-state index is -0.496. The van der Waals surface area contributed by atoms with Crippen LogP contribution in [0.5, 0.6) is 17.2 Å². The van der Waals surface area contributed by atoms with Crippen molar-refractivity contribution in [2.75, 3.05) is 31.3 Å². The second kappa shape index (κ2) is 16.6. The number of nitrogens with two attached hydrogens (primary N) is 2. The number of hydrogen-bond acceptors (Lipinski definition) is 7. The van der Waals surface area contributed by atoms with Crippen LogP contribution in [0, 0.1) is 0 Å². The Morgan fingerprint density at radius 1 is 0.667 bits per heavy atom. The number of benzene rings is 2. The molecule has 0 aliphatic carbocycles. The first-order valence-corrected chi connectivity index (χ1v) is 13.4. The fourth-order valence-corrected chi connectivity index (χ4v) is 3.69. The van der Waals surface area contributed by atoms with Crippen LogP contribution in [0.1, 0.15) is 94.5 Å². The van der Waals surface area contributed by atoms with E-state index in [9.17, 15) is 4.79 Å². The van der Waals surface area contributed by atoms with Crippen LogP contribution in [0.15, 0.2) is 30.3 Å². The number of ether oxygens (including phenoxy) is 4. The number of carbonyl (C=O) groups is 1. The van der Waals surface area contributed by atoms with E-state index in [0.29, 0.717) is 54.0 Å². The molecule has 2 aromatic carbocycles. The van der Waals surface area contributed by atoms with Gasteiger partial charge in [-0.25, -0.2) is 4.79 Å². The van der Waals surface area contributed by atoms with Gasteiger partial charge in [0, 0.05) is 11.4 Å². The van der Waals surface area contributed by atoms with Gasteiger partial charge in [-0.05, 0) is 55.2 Å². The van der Waals surface area contributed by atoms with Gasteiger partial charge in [0.2, 0.25) is 5.75 Å². The highest BCUT2D eigenvalue weighted by Crippen LogP contribution is 2.40. The molecule has 0 fully saturated rings. The van der Waals surface area contributed by atoms with E-state index >= 15 is 0 Å². The molecule has 0 bridgehead atoms. The number of nitrogen functional groups attached to an aromatic ring is 2. The maximum absolute atomic E-state index is 12.6. The maximum atomic E-state index is 12.6. The first-order valence-electron chi connectivity index (χ1n) is 13.4. The van der Waals surface area contributed by atoms with Crippen LogP contribution in [-0.4, -0.2) is 25.8 Å². The van der Waals surface area contributed by atoms with E-state index in [1.165, 1.54) is 0 Å². The molecule has 36 heavy (non-hydrogen) atoms. The second-order valence-electron chi connectivity index (χ2n) is 9.05. The Hall–Kier alpha value is -3.09. The maximum Gasteiger partial charge on any atom is 0.338 e. The second-order valence-corrected chi connectivity index (χ2v) is 9.05. The van der Waals surface area contributed by atoms with Gasteiger partial charge in [0.1, 0.15) is 6.61 Å². The predicted octanol–water partition coefficient (Wildman–Crippen LogP) is 6.92. The molecule has 0 heterocycles. The normalized spacial score (nSPS) is 10.8. The molecule has 4 N–H and O–H groups in total. The molecule has 0 radical (unpaired) electrons. The van der Waals surface area contributed by atoms with Crippen molar-refractivity contribution in [3.63, 3.8) is 0 Å². The Morgan fingerprint density at radius 2 is 1.14 bits per heavy atom. The Morgan fingerprint density at radius 3 is 1.61 bits per heavy atom. The number of esters is 1. The monoisotopic (exact) mass is 500 g/mol. The molecule has 2 rings (SSSR count). The highest BCUT2D eigenvalue weighted by atomic mass is 16.5. The van der Waals surface area contributed by atoms with E-state index < -0.39 is 5.97 Å².